The number of nitrogens with one attached hydrogen (secondary N) is 2. The summed E-state index contributed by atoms with van der Waals surface area (Å²) in [6, 6.07) is 4.56. The number of aliphatic hydroxyl groups is 1. The van der Waals surface area contributed by atoms with Gasteiger partial charge in [-0.15, -0.1) is 0 Å². The first kappa shape index (κ1) is 23.2. The van der Waals surface area contributed by atoms with Crippen molar-refractivity contribution in [2.24, 2.45) is 0 Å². The number of ether oxygens (including phenoxy) is 1. The van der Waals surface area contributed by atoms with Crippen LogP contribution in [0.2, 0.25) is 0 Å². The Kier molecular flexibility index (Phi) is 6.49. The molecule has 0 saturated carbocycles. The third kappa shape index (κ3) is 5.41. The zero-order chi connectivity index (χ0) is 23.6. The Morgan fingerprint density at radius 1 is 1.31 bits per heavy atom. The van der Waals surface area contributed by atoms with E-state index >= 15 is 0 Å². The van der Waals surface area contributed by atoms with Crippen molar-refractivity contribution in [1.82, 2.24) is 20.2 Å². The maximum absolute atomic E-state index is 13.0. The molecule has 172 valence electrons. The fourth-order valence-electron chi connectivity index (χ4n) is 3.26. The van der Waals surface area contributed by atoms with Gasteiger partial charge in [-0.25, -0.2) is 14.2 Å². The molecule has 2 aromatic rings. The molecule has 0 unspecified atom stereocenters. The smallest absolute Gasteiger partial charge is 0.411 e. The number of H-pyrrole nitrogens is 1. The number of carbonyl (C=O) groups excluding carboxylic acids is 2. The van der Waals surface area contributed by atoms with Gasteiger partial charge < -0.3 is 25.3 Å². The Labute approximate surface area is 183 Å². The lowest BCUT2D eigenvalue weighted by Gasteiger charge is -2.28. The van der Waals surface area contributed by atoms with Crippen LogP contribution in [0.25, 0.3) is 0 Å². The summed E-state index contributed by atoms with van der Waals surface area (Å²) in [5.74, 6) is -2.21. The number of hydrogen-bond acceptors (Lipinski definition) is 7. The first-order valence-corrected chi connectivity index (χ1v) is 9.98. The van der Waals surface area contributed by atoms with Gasteiger partial charge in [0, 0.05) is 13.0 Å². The molecule has 2 amide bonds. The lowest BCUT2D eigenvalue weighted by Crippen LogP contribution is -2.38. The van der Waals surface area contributed by atoms with E-state index in [1.165, 1.54) is 29.2 Å². The molecule has 1 saturated heterocycles. The van der Waals surface area contributed by atoms with Crippen molar-refractivity contribution in [2.75, 3.05) is 6.54 Å². The molecule has 10 nitrogen and oxygen atoms in total. The molecular weight excluding hydrogens is 423 g/mol. The molecule has 1 aromatic carbocycles. The highest BCUT2D eigenvalue weighted by Crippen LogP contribution is 2.32. The molecule has 1 aliphatic rings. The summed E-state index contributed by atoms with van der Waals surface area (Å²) in [5, 5.41) is 22.7. The summed E-state index contributed by atoms with van der Waals surface area (Å²) in [4.78, 5) is 45.0. The first-order chi connectivity index (χ1) is 14.9. The van der Waals surface area contributed by atoms with E-state index in [2.05, 4.69) is 15.3 Å². The van der Waals surface area contributed by atoms with E-state index in [1.54, 1.807) is 20.8 Å². The van der Waals surface area contributed by atoms with Gasteiger partial charge in [0.2, 0.25) is 5.75 Å². The van der Waals surface area contributed by atoms with Crippen molar-refractivity contribution in [3.05, 3.63) is 57.5 Å². The van der Waals surface area contributed by atoms with Crippen molar-refractivity contribution in [1.29, 1.82) is 0 Å². The van der Waals surface area contributed by atoms with E-state index in [4.69, 9.17) is 4.74 Å². The molecule has 3 rings (SSSR count). The Morgan fingerprint density at radius 3 is 2.59 bits per heavy atom. The minimum absolute atomic E-state index is 0.00847. The van der Waals surface area contributed by atoms with Crippen LogP contribution in [0, 0.1) is 5.82 Å². The average molecular weight is 448 g/mol. The average Bonchev–Trinajstić information content (AvgIpc) is 3.10. The van der Waals surface area contributed by atoms with E-state index < -0.39 is 52.6 Å². The molecule has 2 atom stereocenters. The number of aromatic hydroxyl groups is 1. The quantitative estimate of drug-likeness (QED) is 0.556. The minimum Gasteiger partial charge on any atom is -0.501 e. The number of rotatable bonds is 4. The predicted octanol–water partition coefficient (Wildman–Crippen LogP) is 1.59. The Bertz CT molecular complexity index is 1060. The van der Waals surface area contributed by atoms with Crippen LogP contribution in [0.5, 0.6) is 5.75 Å². The molecule has 2 heterocycles. The molecule has 11 heteroatoms. The molecule has 1 aliphatic heterocycles. The number of likely N-dealkylation sites (tertiary alicyclic amines) is 1. The van der Waals surface area contributed by atoms with Crippen LogP contribution in [0.4, 0.5) is 9.18 Å². The second-order valence-corrected chi connectivity index (χ2v) is 8.50. The van der Waals surface area contributed by atoms with E-state index in [9.17, 15) is 29.0 Å². The number of aliphatic hydroxyl groups excluding tert-OH is 1. The highest BCUT2D eigenvalue weighted by molar-refractivity contribution is 5.94. The van der Waals surface area contributed by atoms with Gasteiger partial charge in [-0.3, -0.25) is 14.5 Å². The van der Waals surface area contributed by atoms with Gasteiger partial charge in [0.1, 0.15) is 17.2 Å². The Morgan fingerprint density at radius 2 is 1.97 bits per heavy atom. The number of aromatic amines is 1. The summed E-state index contributed by atoms with van der Waals surface area (Å²) in [7, 11) is 0. The molecule has 4 N–H and O–H groups in total. The van der Waals surface area contributed by atoms with Gasteiger partial charge in [0.05, 0.1) is 18.7 Å². The van der Waals surface area contributed by atoms with Crippen LogP contribution < -0.4 is 10.9 Å². The molecule has 0 spiro atoms. The number of hydrogen-bond donors (Lipinski definition) is 4. The number of benzene rings is 1. The molecule has 32 heavy (non-hydrogen) atoms. The fraction of sp³-hybridized carbons (Fsp3) is 0.429. The zero-order valence-electron chi connectivity index (χ0n) is 17.9. The van der Waals surface area contributed by atoms with Gasteiger partial charge >= 0.3 is 6.09 Å². The van der Waals surface area contributed by atoms with Crippen molar-refractivity contribution >= 4 is 12.0 Å². The number of halogens is 1. The van der Waals surface area contributed by atoms with E-state index in [1.807, 2.05) is 0 Å². The van der Waals surface area contributed by atoms with E-state index in [0.29, 0.717) is 5.56 Å². The van der Waals surface area contributed by atoms with Crippen molar-refractivity contribution < 1.29 is 28.9 Å². The third-order valence-corrected chi connectivity index (χ3v) is 4.72. The van der Waals surface area contributed by atoms with Crippen LogP contribution in [-0.4, -0.2) is 55.3 Å². The topological polar surface area (TPSA) is 145 Å². The van der Waals surface area contributed by atoms with Gasteiger partial charge in [0.15, 0.2) is 5.69 Å². The zero-order valence-corrected chi connectivity index (χ0v) is 17.9. The molecule has 0 bridgehead atoms. The van der Waals surface area contributed by atoms with Crippen LogP contribution in [0.3, 0.4) is 0 Å². The van der Waals surface area contributed by atoms with E-state index in [-0.39, 0.29) is 25.3 Å². The summed E-state index contributed by atoms with van der Waals surface area (Å²) in [6.45, 7) is 5.04. The lowest BCUT2D eigenvalue weighted by molar-refractivity contribution is 0.0200. The number of carbonyl (C=O) groups is 2. The summed E-state index contributed by atoms with van der Waals surface area (Å²) in [6.07, 6.45) is -1.54. The molecule has 1 aromatic heterocycles. The number of nitrogens with zero attached hydrogens (tertiary/aromatic N) is 2. The summed E-state index contributed by atoms with van der Waals surface area (Å²) in [5.41, 5.74) is -1.68. The minimum atomic E-state index is -0.965. The van der Waals surface area contributed by atoms with Crippen molar-refractivity contribution in [3.63, 3.8) is 0 Å². The monoisotopic (exact) mass is 448 g/mol. The highest BCUT2D eigenvalue weighted by Gasteiger charge is 2.39. The maximum atomic E-state index is 13.0. The van der Waals surface area contributed by atoms with Gasteiger partial charge in [-0.05, 0) is 38.5 Å². The number of amides is 2. The standard InChI is InChI=1S/C21H25FN4O6/c1-21(2,3)32-20(31)26-10-13(27)8-14(26)17-24-15(16(28)19(30)25-17)18(29)23-9-11-4-6-12(22)7-5-11/h4-7,13-14,27-28H,8-10H2,1-3H3,(H,23,29)(H,24,25,30)/t13-,14+/m1/s1. The fourth-order valence-corrected chi connectivity index (χ4v) is 3.26. The van der Waals surface area contributed by atoms with Crippen LogP contribution in [0.15, 0.2) is 29.1 Å². The molecular formula is C21H25FN4O6. The maximum Gasteiger partial charge on any atom is 0.411 e. The largest absolute Gasteiger partial charge is 0.501 e. The Balaban J connectivity index is 1.84. The van der Waals surface area contributed by atoms with Gasteiger partial charge in [0.25, 0.3) is 11.5 Å². The number of β-amino-alcohol motifs (C(OH)–C–C–N with tert-alkyl or cyclic N) is 1. The lowest BCUT2D eigenvalue weighted by atomic mass is 10.1. The molecule has 0 aliphatic carbocycles. The van der Waals surface area contributed by atoms with Crippen LogP contribution >= 0.6 is 0 Å². The van der Waals surface area contributed by atoms with Crippen LogP contribution in [0.1, 0.15) is 55.1 Å². The van der Waals surface area contributed by atoms with Crippen molar-refractivity contribution in [3.8, 4) is 5.75 Å². The molecule has 0 radical (unpaired) electrons. The van der Waals surface area contributed by atoms with Gasteiger partial charge in [-0.1, -0.05) is 12.1 Å². The second kappa shape index (κ2) is 8.95. The number of aromatic nitrogens is 2. The summed E-state index contributed by atoms with van der Waals surface area (Å²) < 4.78 is 18.4. The third-order valence-electron chi connectivity index (χ3n) is 4.72. The SMILES string of the molecule is CC(C)(C)OC(=O)N1C[C@H](O)C[C@H]1c1nc(C(=O)NCc2ccc(F)cc2)c(O)c(=O)[nH]1. The highest BCUT2D eigenvalue weighted by atomic mass is 19.1. The normalized spacial score (nSPS) is 18.5. The summed E-state index contributed by atoms with van der Waals surface area (Å²) >= 11 is 0. The van der Waals surface area contributed by atoms with E-state index in [0.717, 1.165) is 0 Å². The predicted molar refractivity (Wildman–Crippen MR) is 110 cm³/mol. The molecule has 1 fully saturated rings. The first-order valence-electron chi connectivity index (χ1n) is 9.98. The van der Waals surface area contributed by atoms with Crippen molar-refractivity contribution in [2.45, 2.75) is 51.5 Å². The van der Waals surface area contributed by atoms with Gasteiger partial charge in [-0.2, -0.15) is 0 Å². The second-order valence-electron chi connectivity index (χ2n) is 8.50. The Hall–Kier alpha value is -3.47. The van der Waals surface area contributed by atoms with Crippen LogP contribution in [-0.2, 0) is 11.3 Å².